The van der Waals surface area contributed by atoms with E-state index in [1.54, 1.807) is 0 Å². The highest BCUT2D eigenvalue weighted by Crippen LogP contribution is 2.59. The molecule has 0 unspecified atom stereocenters. The van der Waals surface area contributed by atoms with Crippen LogP contribution in [0.2, 0.25) is 0 Å². The van der Waals surface area contributed by atoms with Crippen LogP contribution in [0, 0.1) is 23.7 Å². The van der Waals surface area contributed by atoms with E-state index in [4.69, 9.17) is 0 Å². The van der Waals surface area contributed by atoms with Crippen LogP contribution in [0.15, 0.2) is 279 Å². The fraction of sp³-hybridized carbons (Fsp3) is 0.262. The molecule has 0 spiro atoms. The van der Waals surface area contributed by atoms with Crippen LogP contribution in [0.3, 0.4) is 0 Å². The molecule has 0 atom stereocenters. The largest absolute Gasteiger partial charge is 0.371 e. The Morgan fingerprint density at radius 3 is 0.591 bits per heavy atom. The van der Waals surface area contributed by atoms with Gasteiger partial charge in [-0.15, -0.1) is 0 Å². The molecular formula is C84H90N4+2. The average Bonchev–Trinajstić information content (AvgIpc) is 1.46. The number of anilines is 2. The Bertz CT molecular complexity index is 3230. The van der Waals surface area contributed by atoms with Gasteiger partial charge in [-0.1, -0.05) is 298 Å². The van der Waals surface area contributed by atoms with Crippen LogP contribution >= 0.6 is 0 Å². The Labute approximate surface area is 526 Å². The molecule has 4 nitrogen and oxygen atoms in total. The van der Waals surface area contributed by atoms with Crippen molar-refractivity contribution >= 4 is 22.7 Å². The maximum absolute atomic E-state index is 2.71. The minimum Gasteiger partial charge on any atom is -0.371 e. The van der Waals surface area contributed by atoms with Crippen molar-refractivity contribution in [2.24, 2.45) is 23.7 Å². The minimum atomic E-state index is -0.0633. The van der Waals surface area contributed by atoms with Gasteiger partial charge in [-0.25, -0.2) is 0 Å². The molecule has 0 aromatic heterocycles. The zero-order chi connectivity index (χ0) is 60.8. The average molecular weight is 1160 g/mol. The first-order chi connectivity index (χ1) is 42.9. The van der Waals surface area contributed by atoms with Crippen LogP contribution in [-0.4, -0.2) is 39.5 Å². The van der Waals surface area contributed by atoms with Gasteiger partial charge >= 0.3 is 0 Å². The molecule has 13 rings (SSSR count). The second-order valence-corrected chi connectivity index (χ2v) is 27.0. The smallest absolute Gasteiger partial charge is 0.234 e. The van der Waals surface area contributed by atoms with Gasteiger partial charge in [0.15, 0.2) is 23.8 Å². The second kappa shape index (κ2) is 26.4. The van der Waals surface area contributed by atoms with Crippen molar-refractivity contribution in [2.75, 3.05) is 49.3 Å². The van der Waals surface area contributed by atoms with Crippen molar-refractivity contribution in [1.29, 1.82) is 0 Å². The van der Waals surface area contributed by atoms with E-state index < -0.39 is 0 Å². The minimum absolute atomic E-state index is 0.0633. The highest BCUT2D eigenvalue weighted by molar-refractivity contribution is 5.79. The molecule has 1 fully saturated rings. The van der Waals surface area contributed by atoms with Crippen molar-refractivity contribution in [1.82, 2.24) is 8.97 Å². The maximum atomic E-state index is 2.71. The summed E-state index contributed by atoms with van der Waals surface area (Å²) in [4.78, 5) is 5.43. The summed E-state index contributed by atoms with van der Waals surface area (Å²) in [6.45, 7) is 24.5. The van der Waals surface area contributed by atoms with Gasteiger partial charge in [0.25, 0.3) is 0 Å². The van der Waals surface area contributed by atoms with E-state index in [0.717, 1.165) is 39.5 Å². The fourth-order valence-corrected chi connectivity index (χ4v) is 15.0. The van der Waals surface area contributed by atoms with E-state index in [1.165, 1.54) is 89.5 Å². The van der Waals surface area contributed by atoms with Gasteiger partial charge in [0.1, 0.15) is 0 Å². The standard InChI is InChI=1S/C84H90N4/c1-61(2)55-85(56-62(3)4)73-51-75(79(65-33-17-9-18-34-65)66-35-19-10-20-36-66)83(76(52-73)80(67-37-21-11-22-38-67)68-39-23-12-24-40-68)87-49-50-88(59-87,60-87)84-77(81(69-41-25-13-26-42-69)70-43-27-14-28-44-70)53-74(86(57-63(5)6)58-64(7)8)54-78(84)82(71-45-29-15-30-46-71)72-47-31-16-32-48-72/h9-54,61-64,79-82H,55-60H2,1-8H3/q+2. The number of quaternary nitrogens is 2. The van der Waals surface area contributed by atoms with Gasteiger partial charge in [-0.3, -0.25) is 0 Å². The Hall–Kier alpha value is -8.54. The van der Waals surface area contributed by atoms with Crippen molar-refractivity contribution in [3.63, 3.8) is 0 Å². The van der Waals surface area contributed by atoms with Crippen molar-refractivity contribution in [2.45, 2.75) is 79.1 Å². The van der Waals surface area contributed by atoms with Crippen LogP contribution in [0.4, 0.5) is 22.7 Å². The summed E-state index contributed by atoms with van der Waals surface area (Å²) in [5, 5.41) is 0. The summed E-state index contributed by atoms with van der Waals surface area (Å²) in [5.74, 6) is 1.59. The molecule has 3 aliphatic heterocycles. The molecule has 1 saturated heterocycles. The molecule has 0 aliphatic carbocycles. The van der Waals surface area contributed by atoms with Crippen molar-refractivity contribution < 1.29 is 0 Å². The topological polar surface area (TPSA) is 6.48 Å². The van der Waals surface area contributed by atoms with Crippen LogP contribution in [-0.2, 0) is 0 Å². The fourth-order valence-electron chi connectivity index (χ4n) is 15.0. The van der Waals surface area contributed by atoms with E-state index in [-0.39, 0.29) is 23.7 Å². The second-order valence-electron chi connectivity index (χ2n) is 27.0. The van der Waals surface area contributed by atoms with Crippen LogP contribution in [0.25, 0.3) is 0 Å². The zero-order valence-electron chi connectivity index (χ0n) is 53.2. The molecule has 4 heteroatoms. The molecule has 0 saturated carbocycles. The zero-order valence-corrected chi connectivity index (χ0v) is 53.2. The molecule has 10 aromatic rings. The lowest BCUT2D eigenvalue weighted by Gasteiger charge is -2.50. The third-order valence-electron chi connectivity index (χ3n) is 18.2. The highest BCUT2D eigenvalue weighted by Gasteiger charge is 2.66. The van der Waals surface area contributed by atoms with E-state index in [1.807, 2.05) is 0 Å². The lowest BCUT2D eigenvalue weighted by molar-refractivity contribution is 0.0982. The van der Waals surface area contributed by atoms with Crippen LogP contribution < -0.4 is 18.8 Å². The highest BCUT2D eigenvalue weighted by atomic mass is 15.7. The van der Waals surface area contributed by atoms with E-state index in [2.05, 4.69) is 345 Å². The summed E-state index contributed by atoms with van der Waals surface area (Å²) in [6.07, 6.45) is 5.29. The van der Waals surface area contributed by atoms with Gasteiger partial charge < -0.3 is 9.80 Å². The lowest BCUT2D eigenvalue weighted by Crippen LogP contribution is -2.73. The molecule has 0 N–H and O–H groups in total. The van der Waals surface area contributed by atoms with Crippen LogP contribution in [0.5, 0.6) is 0 Å². The van der Waals surface area contributed by atoms with Gasteiger partial charge in [0.2, 0.25) is 13.3 Å². The van der Waals surface area contributed by atoms with E-state index in [9.17, 15) is 0 Å². The summed E-state index contributed by atoms with van der Waals surface area (Å²) in [5.41, 5.74) is 21.3. The number of nitrogens with zero attached hydrogens (tertiary/aromatic N) is 4. The molecule has 3 aliphatic rings. The van der Waals surface area contributed by atoms with Gasteiger partial charge in [-0.2, -0.15) is 8.97 Å². The molecule has 2 bridgehead atoms. The Morgan fingerprint density at radius 2 is 0.432 bits per heavy atom. The Kier molecular flexibility index (Phi) is 18.0. The third kappa shape index (κ3) is 12.5. The first-order valence-electron chi connectivity index (χ1n) is 32.6. The predicted molar refractivity (Wildman–Crippen MR) is 374 cm³/mol. The Morgan fingerprint density at radius 1 is 0.261 bits per heavy atom. The Balaban J connectivity index is 1.20. The van der Waals surface area contributed by atoms with E-state index in [0.29, 0.717) is 32.6 Å². The maximum Gasteiger partial charge on any atom is 0.234 e. The first kappa shape index (κ1) is 59.8. The van der Waals surface area contributed by atoms with E-state index >= 15 is 0 Å². The van der Waals surface area contributed by atoms with Gasteiger partial charge in [0.05, 0.1) is 0 Å². The lowest BCUT2D eigenvalue weighted by atomic mass is 9.76. The molecule has 0 amide bonds. The molecule has 3 heterocycles. The molecule has 444 valence electrons. The predicted octanol–water partition coefficient (Wildman–Crippen LogP) is 20.4. The summed E-state index contributed by atoms with van der Waals surface area (Å²) in [7, 11) is 0. The quantitative estimate of drug-likeness (QED) is 0.0439. The summed E-state index contributed by atoms with van der Waals surface area (Å²) < 4.78 is 1.39. The number of rotatable bonds is 24. The van der Waals surface area contributed by atoms with Crippen molar-refractivity contribution in [3.8, 4) is 0 Å². The summed E-state index contributed by atoms with van der Waals surface area (Å²) >= 11 is 0. The first-order valence-corrected chi connectivity index (χ1v) is 32.6. The van der Waals surface area contributed by atoms with Gasteiger partial charge in [0, 0.05) is 83.5 Å². The molecule has 10 aromatic carbocycles. The SMILES string of the molecule is CC(C)CN(CC(C)C)c1cc(C(c2ccccc2)c2ccccc2)c([N+]23C=C[N+](c4c(C(c5ccccc5)c5ccccc5)cc(N(CC(C)C)CC(C)C)cc4C(c4ccccc4)c4ccccc4)(C2)C3)c(C(c2ccccc2)c2ccccc2)c1. The molecule has 88 heavy (non-hydrogen) atoms. The van der Waals surface area contributed by atoms with Crippen molar-refractivity contribution in [3.05, 3.63) is 346 Å². The number of hydrogen-bond acceptors (Lipinski definition) is 2. The third-order valence-corrected chi connectivity index (χ3v) is 18.2. The molecular weight excluding hydrogens is 1060 g/mol. The van der Waals surface area contributed by atoms with Gasteiger partial charge in [-0.05, 0) is 92.4 Å². The number of hydrogen-bond donors (Lipinski definition) is 0. The number of benzene rings is 10. The molecule has 0 radical (unpaired) electrons. The normalized spacial score (nSPS) is 16.2. The monoisotopic (exact) mass is 1150 g/mol. The summed E-state index contributed by atoms with van der Waals surface area (Å²) in [6, 6.07) is 102. The van der Waals surface area contributed by atoms with Crippen LogP contribution in [0.1, 0.15) is 146 Å².